The monoisotopic (exact) mass is 208 g/mol. The molecule has 0 saturated carbocycles. The Bertz CT molecular complexity index is 550. The van der Waals surface area contributed by atoms with E-state index in [4.69, 9.17) is 5.11 Å². The van der Waals surface area contributed by atoms with E-state index >= 15 is 0 Å². The molecule has 0 amide bonds. The molecule has 0 aliphatic heterocycles. The van der Waals surface area contributed by atoms with E-state index in [9.17, 15) is 13.6 Å². The van der Waals surface area contributed by atoms with E-state index in [0.717, 1.165) is 24.3 Å². The minimum Gasteiger partial charge on any atom is -0.478 e. The third-order valence-corrected chi connectivity index (χ3v) is 2.16. The average molecular weight is 208 g/mol. The lowest BCUT2D eigenvalue weighted by Gasteiger charge is -2.03. The fourth-order valence-electron chi connectivity index (χ4n) is 1.47. The first-order valence-corrected chi connectivity index (χ1v) is 4.20. The van der Waals surface area contributed by atoms with Crippen molar-refractivity contribution in [1.29, 1.82) is 0 Å². The molecule has 0 aliphatic carbocycles. The van der Waals surface area contributed by atoms with Crippen molar-refractivity contribution < 1.29 is 18.7 Å². The largest absolute Gasteiger partial charge is 0.478 e. The predicted molar refractivity (Wildman–Crippen MR) is 50.8 cm³/mol. The van der Waals surface area contributed by atoms with Crippen LogP contribution in [0.5, 0.6) is 0 Å². The predicted octanol–water partition coefficient (Wildman–Crippen LogP) is 2.82. The lowest BCUT2D eigenvalue weighted by atomic mass is 10.0. The number of benzene rings is 2. The molecule has 4 heteroatoms. The highest BCUT2D eigenvalue weighted by atomic mass is 19.1. The number of hydrogen-bond donors (Lipinski definition) is 1. The second-order valence-electron chi connectivity index (χ2n) is 3.09. The Kier molecular flexibility index (Phi) is 2.11. The maximum atomic E-state index is 13.2. The van der Waals surface area contributed by atoms with Gasteiger partial charge < -0.3 is 5.11 Å². The molecule has 2 aromatic carbocycles. The summed E-state index contributed by atoms with van der Waals surface area (Å²) in [5, 5.41) is 9.00. The molecule has 0 radical (unpaired) electrons. The number of halogens is 2. The Labute approximate surface area is 83.8 Å². The summed E-state index contributed by atoms with van der Waals surface area (Å²) in [6.07, 6.45) is 0. The number of hydrogen-bond acceptors (Lipinski definition) is 1. The van der Waals surface area contributed by atoms with E-state index in [1.54, 1.807) is 0 Å². The van der Waals surface area contributed by atoms with Crippen molar-refractivity contribution in [2.75, 3.05) is 0 Å². The van der Waals surface area contributed by atoms with Crippen LogP contribution < -0.4 is 0 Å². The number of carbonyl (C=O) groups is 1. The minimum atomic E-state index is -1.20. The van der Waals surface area contributed by atoms with Crippen molar-refractivity contribution >= 4 is 16.7 Å². The molecular formula is C11H6F2O2. The smallest absolute Gasteiger partial charge is 0.336 e. The average Bonchev–Trinajstić information content (AvgIpc) is 2.17. The molecule has 0 fully saturated rings. The lowest BCUT2D eigenvalue weighted by molar-refractivity contribution is 0.0699. The number of carboxylic acid groups (broad SMARTS) is 1. The summed E-state index contributed by atoms with van der Waals surface area (Å²) in [7, 11) is 0. The molecule has 1 N–H and O–H groups in total. The van der Waals surface area contributed by atoms with E-state index in [1.165, 1.54) is 6.07 Å². The van der Waals surface area contributed by atoms with Crippen molar-refractivity contribution in [3.63, 3.8) is 0 Å². The maximum Gasteiger partial charge on any atom is 0.336 e. The van der Waals surface area contributed by atoms with Crippen LogP contribution in [0, 0.1) is 11.6 Å². The Morgan fingerprint density at radius 1 is 1.07 bits per heavy atom. The van der Waals surface area contributed by atoms with Crippen LogP contribution >= 0.6 is 0 Å². The molecule has 2 aromatic rings. The molecule has 0 saturated heterocycles. The van der Waals surface area contributed by atoms with Crippen molar-refractivity contribution in [1.82, 2.24) is 0 Å². The van der Waals surface area contributed by atoms with Gasteiger partial charge in [0.25, 0.3) is 0 Å². The third-order valence-electron chi connectivity index (χ3n) is 2.16. The van der Waals surface area contributed by atoms with Crippen LogP contribution in [0.1, 0.15) is 10.4 Å². The topological polar surface area (TPSA) is 37.3 Å². The summed E-state index contributed by atoms with van der Waals surface area (Å²) in [5.41, 5.74) is -0.106. The summed E-state index contributed by atoms with van der Waals surface area (Å²) in [6, 6.07) is 5.52. The van der Waals surface area contributed by atoms with Crippen LogP contribution in [0.2, 0.25) is 0 Å². The molecule has 0 heterocycles. The highest BCUT2D eigenvalue weighted by Gasteiger charge is 2.11. The second kappa shape index (κ2) is 3.31. The van der Waals surface area contributed by atoms with Crippen LogP contribution in [0.4, 0.5) is 8.78 Å². The van der Waals surface area contributed by atoms with Gasteiger partial charge in [-0.3, -0.25) is 0 Å². The molecule has 0 aliphatic rings. The van der Waals surface area contributed by atoms with Gasteiger partial charge in [-0.1, -0.05) is 0 Å². The first-order chi connectivity index (χ1) is 7.09. The van der Waals surface area contributed by atoms with Crippen LogP contribution in [0.25, 0.3) is 10.8 Å². The maximum absolute atomic E-state index is 13.2. The summed E-state index contributed by atoms with van der Waals surface area (Å²) in [4.78, 5) is 10.8. The minimum absolute atomic E-state index is 0.0718. The number of carboxylic acids is 1. The van der Waals surface area contributed by atoms with Gasteiger partial charge in [0.05, 0.1) is 5.56 Å². The fourth-order valence-corrected chi connectivity index (χ4v) is 1.47. The molecule has 2 nitrogen and oxygen atoms in total. The molecule has 0 unspecified atom stereocenters. The normalized spacial score (nSPS) is 10.5. The van der Waals surface area contributed by atoms with Gasteiger partial charge in [-0.15, -0.1) is 0 Å². The van der Waals surface area contributed by atoms with Crippen LogP contribution in [0.3, 0.4) is 0 Å². The zero-order chi connectivity index (χ0) is 11.0. The molecule has 76 valence electrons. The van der Waals surface area contributed by atoms with E-state index in [1.807, 2.05) is 0 Å². The molecule has 0 spiro atoms. The van der Waals surface area contributed by atoms with E-state index in [-0.39, 0.29) is 16.3 Å². The van der Waals surface area contributed by atoms with Crippen molar-refractivity contribution in [3.8, 4) is 0 Å². The lowest BCUT2D eigenvalue weighted by Crippen LogP contribution is -1.98. The highest BCUT2D eigenvalue weighted by Crippen LogP contribution is 2.22. The van der Waals surface area contributed by atoms with Gasteiger partial charge in [-0.25, -0.2) is 13.6 Å². The van der Waals surface area contributed by atoms with Gasteiger partial charge in [0.15, 0.2) is 0 Å². The zero-order valence-electron chi connectivity index (χ0n) is 7.50. The second-order valence-corrected chi connectivity index (χ2v) is 3.09. The van der Waals surface area contributed by atoms with Crippen molar-refractivity contribution in [3.05, 3.63) is 47.5 Å². The Morgan fingerprint density at radius 2 is 1.80 bits per heavy atom. The van der Waals surface area contributed by atoms with Gasteiger partial charge >= 0.3 is 5.97 Å². The molecular weight excluding hydrogens is 202 g/mol. The first kappa shape index (κ1) is 9.58. The summed E-state index contributed by atoms with van der Waals surface area (Å²) < 4.78 is 26.1. The molecule has 0 atom stereocenters. The van der Waals surface area contributed by atoms with E-state index < -0.39 is 17.6 Å². The first-order valence-electron chi connectivity index (χ1n) is 4.20. The Morgan fingerprint density at radius 3 is 2.47 bits per heavy atom. The van der Waals surface area contributed by atoms with Crippen LogP contribution in [-0.2, 0) is 0 Å². The van der Waals surface area contributed by atoms with Crippen LogP contribution in [0.15, 0.2) is 30.3 Å². The molecule has 2 rings (SSSR count). The SMILES string of the molecule is O=C(O)c1ccc(F)c2ccc(F)cc12. The number of fused-ring (bicyclic) bond motifs is 1. The van der Waals surface area contributed by atoms with Gasteiger partial charge in [-0.05, 0) is 30.3 Å². The Hall–Kier alpha value is -1.97. The van der Waals surface area contributed by atoms with Gasteiger partial charge in [0.2, 0.25) is 0 Å². The quantitative estimate of drug-likeness (QED) is 0.782. The van der Waals surface area contributed by atoms with Crippen molar-refractivity contribution in [2.45, 2.75) is 0 Å². The summed E-state index contributed by atoms with van der Waals surface area (Å²) in [6.45, 7) is 0. The molecule has 0 bridgehead atoms. The number of rotatable bonds is 1. The Balaban J connectivity index is 2.90. The summed E-state index contributed by atoms with van der Waals surface area (Å²) in [5.74, 6) is -2.35. The van der Waals surface area contributed by atoms with Crippen LogP contribution in [-0.4, -0.2) is 11.1 Å². The van der Waals surface area contributed by atoms with Gasteiger partial charge in [0.1, 0.15) is 11.6 Å². The molecule has 15 heavy (non-hydrogen) atoms. The molecule has 0 aromatic heterocycles. The van der Waals surface area contributed by atoms with E-state index in [0.29, 0.717) is 0 Å². The standard InChI is InChI=1S/C11H6F2O2/c12-6-1-2-7-9(5-6)8(11(14)15)3-4-10(7)13/h1-5H,(H,14,15). The number of aromatic carboxylic acids is 1. The fraction of sp³-hybridized carbons (Fsp3) is 0. The highest BCUT2D eigenvalue weighted by molar-refractivity contribution is 6.03. The third kappa shape index (κ3) is 1.54. The van der Waals surface area contributed by atoms with Crippen molar-refractivity contribution in [2.24, 2.45) is 0 Å². The zero-order valence-corrected chi connectivity index (χ0v) is 7.50. The van der Waals surface area contributed by atoms with Gasteiger partial charge in [0, 0.05) is 10.8 Å². The summed E-state index contributed by atoms with van der Waals surface area (Å²) >= 11 is 0. The van der Waals surface area contributed by atoms with Gasteiger partial charge in [-0.2, -0.15) is 0 Å². The van der Waals surface area contributed by atoms with E-state index in [2.05, 4.69) is 0 Å².